The highest BCUT2D eigenvalue weighted by Crippen LogP contribution is 2.30. The van der Waals surface area contributed by atoms with E-state index in [1.807, 2.05) is 11.7 Å². The predicted molar refractivity (Wildman–Crippen MR) is 84.5 cm³/mol. The average Bonchev–Trinajstić information content (AvgIpc) is 2.88. The number of hydrogen-bond donors (Lipinski definition) is 0. The van der Waals surface area contributed by atoms with Crippen molar-refractivity contribution in [2.24, 2.45) is 7.05 Å². The predicted octanol–water partition coefficient (Wildman–Crippen LogP) is 3.65. The van der Waals surface area contributed by atoms with Crippen LogP contribution in [0, 0.1) is 0 Å². The molecule has 0 N–H and O–H groups in total. The molecule has 0 bridgehead atoms. The third-order valence-corrected chi connectivity index (χ3v) is 4.08. The number of hydrogen-bond acceptors (Lipinski definition) is 2. The molecule has 0 amide bonds. The molecular weight excluding hydrogens is 272 g/mol. The Morgan fingerprint density at radius 3 is 2.50 bits per heavy atom. The van der Waals surface area contributed by atoms with Crippen molar-refractivity contribution in [3.63, 3.8) is 0 Å². The van der Waals surface area contributed by atoms with Crippen LogP contribution in [0.25, 0.3) is 11.2 Å². The molecule has 0 saturated heterocycles. The van der Waals surface area contributed by atoms with Crippen molar-refractivity contribution in [3.8, 4) is 0 Å². The molecule has 20 heavy (non-hydrogen) atoms. The fourth-order valence-corrected chi connectivity index (χ4v) is 3.24. The van der Waals surface area contributed by atoms with Gasteiger partial charge in [-0.25, -0.2) is 4.98 Å². The first-order valence-corrected chi connectivity index (χ1v) is 7.99. The Labute approximate surface area is 126 Å². The van der Waals surface area contributed by atoms with Crippen LogP contribution >= 0.6 is 11.6 Å². The fraction of sp³-hybridized carbons (Fsp3) is 0.733. The van der Waals surface area contributed by atoms with Crippen LogP contribution < -0.4 is 0 Å². The van der Waals surface area contributed by atoms with Crippen LogP contribution in [0.3, 0.4) is 0 Å². The summed E-state index contributed by atoms with van der Waals surface area (Å²) in [6.45, 7) is 8.89. The molecule has 0 aromatic carbocycles. The van der Waals surface area contributed by atoms with Gasteiger partial charge in [0, 0.05) is 24.9 Å². The summed E-state index contributed by atoms with van der Waals surface area (Å²) in [5.74, 6) is 1.68. The lowest BCUT2D eigenvalue weighted by atomic mass is 9.98. The zero-order chi connectivity index (χ0) is 14.9. The average molecular weight is 297 g/mol. The van der Waals surface area contributed by atoms with Gasteiger partial charge in [0.25, 0.3) is 0 Å². The number of rotatable bonds is 6. The number of aromatic nitrogens is 4. The van der Waals surface area contributed by atoms with E-state index in [-0.39, 0.29) is 5.54 Å². The highest BCUT2D eigenvalue weighted by atomic mass is 35.5. The minimum atomic E-state index is 0.0314. The lowest BCUT2D eigenvalue weighted by Crippen LogP contribution is -2.29. The van der Waals surface area contributed by atoms with E-state index in [9.17, 15) is 0 Å². The Morgan fingerprint density at radius 1 is 1.25 bits per heavy atom. The monoisotopic (exact) mass is 296 g/mol. The van der Waals surface area contributed by atoms with E-state index in [1.165, 1.54) is 0 Å². The minimum Gasteiger partial charge on any atom is -0.307 e. The van der Waals surface area contributed by atoms with Crippen LogP contribution in [0.1, 0.15) is 52.1 Å². The van der Waals surface area contributed by atoms with Gasteiger partial charge in [-0.2, -0.15) is 5.10 Å². The molecule has 0 spiro atoms. The first-order chi connectivity index (χ1) is 9.46. The number of alkyl halides is 1. The molecule has 0 saturated carbocycles. The van der Waals surface area contributed by atoms with Crippen molar-refractivity contribution >= 4 is 22.8 Å². The summed E-state index contributed by atoms with van der Waals surface area (Å²) >= 11 is 5.97. The van der Waals surface area contributed by atoms with E-state index in [2.05, 4.69) is 37.4 Å². The molecule has 0 aliphatic carbocycles. The van der Waals surface area contributed by atoms with Crippen LogP contribution in [0.5, 0.6) is 0 Å². The fourth-order valence-electron chi connectivity index (χ4n) is 3.07. The van der Waals surface area contributed by atoms with Gasteiger partial charge in [0.05, 0.1) is 5.69 Å². The van der Waals surface area contributed by atoms with Crippen molar-refractivity contribution in [1.29, 1.82) is 0 Å². The minimum absolute atomic E-state index is 0.0314. The lowest BCUT2D eigenvalue weighted by Gasteiger charge is -2.29. The Balaban J connectivity index is 2.71. The first-order valence-electron chi connectivity index (χ1n) is 7.45. The van der Waals surface area contributed by atoms with Crippen molar-refractivity contribution < 1.29 is 0 Å². The molecule has 0 aliphatic heterocycles. The van der Waals surface area contributed by atoms with E-state index in [4.69, 9.17) is 16.6 Å². The summed E-state index contributed by atoms with van der Waals surface area (Å²) in [5.41, 5.74) is 3.27. The molecule has 5 heteroatoms. The summed E-state index contributed by atoms with van der Waals surface area (Å²) in [7, 11) is 2.01. The Kier molecular flexibility index (Phi) is 4.43. The van der Waals surface area contributed by atoms with Gasteiger partial charge in [-0.15, -0.1) is 11.6 Å². The third-order valence-electron chi connectivity index (χ3n) is 3.89. The topological polar surface area (TPSA) is 35.6 Å². The zero-order valence-electron chi connectivity index (χ0n) is 13.2. The molecule has 2 heterocycles. The van der Waals surface area contributed by atoms with Gasteiger partial charge < -0.3 is 4.57 Å². The van der Waals surface area contributed by atoms with Crippen molar-refractivity contribution in [3.05, 3.63) is 11.5 Å². The largest absolute Gasteiger partial charge is 0.307 e. The molecule has 0 unspecified atom stereocenters. The van der Waals surface area contributed by atoms with Crippen molar-refractivity contribution in [2.75, 3.05) is 5.88 Å². The number of halogens is 1. The summed E-state index contributed by atoms with van der Waals surface area (Å²) in [4.78, 5) is 4.84. The van der Waals surface area contributed by atoms with Crippen LogP contribution in [0.15, 0.2) is 0 Å². The molecule has 4 nitrogen and oxygen atoms in total. The number of fused-ring (bicyclic) bond motifs is 1. The molecular formula is C15H25ClN4. The molecule has 2 aromatic heterocycles. The molecule has 0 aliphatic rings. The van der Waals surface area contributed by atoms with E-state index in [0.29, 0.717) is 5.88 Å². The molecule has 0 atom stereocenters. The molecule has 2 aromatic rings. The van der Waals surface area contributed by atoms with E-state index < -0.39 is 0 Å². The third kappa shape index (κ3) is 2.46. The maximum atomic E-state index is 5.97. The maximum absolute atomic E-state index is 5.97. The molecule has 2 rings (SSSR count). The van der Waals surface area contributed by atoms with Crippen molar-refractivity contribution in [1.82, 2.24) is 19.3 Å². The second kappa shape index (κ2) is 5.76. The van der Waals surface area contributed by atoms with Gasteiger partial charge >= 0.3 is 0 Å². The van der Waals surface area contributed by atoms with Crippen LogP contribution in [0.4, 0.5) is 0 Å². The van der Waals surface area contributed by atoms with Crippen LogP contribution in [-0.4, -0.2) is 25.2 Å². The van der Waals surface area contributed by atoms with Gasteiger partial charge in [0.2, 0.25) is 0 Å². The summed E-state index contributed by atoms with van der Waals surface area (Å²) in [6, 6.07) is 0. The molecule has 0 radical (unpaired) electrons. The highest BCUT2D eigenvalue weighted by Gasteiger charge is 2.28. The van der Waals surface area contributed by atoms with Gasteiger partial charge in [-0.05, 0) is 26.7 Å². The Bertz CT molecular complexity index is 595. The summed E-state index contributed by atoms with van der Waals surface area (Å²) < 4.78 is 4.32. The van der Waals surface area contributed by atoms with E-state index in [0.717, 1.165) is 48.4 Å². The summed E-state index contributed by atoms with van der Waals surface area (Å²) in [6.07, 6.45) is 3.96. The van der Waals surface area contributed by atoms with E-state index >= 15 is 0 Å². The van der Waals surface area contributed by atoms with Gasteiger partial charge in [-0.1, -0.05) is 20.3 Å². The van der Waals surface area contributed by atoms with Gasteiger partial charge in [0.1, 0.15) is 11.3 Å². The zero-order valence-corrected chi connectivity index (χ0v) is 14.0. The number of nitrogens with zero attached hydrogens (tertiary/aromatic N) is 4. The lowest BCUT2D eigenvalue weighted by molar-refractivity contribution is 0.320. The Morgan fingerprint density at radius 2 is 1.95 bits per heavy atom. The molecule has 0 fully saturated rings. The normalized spacial score (nSPS) is 12.5. The quantitative estimate of drug-likeness (QED) is 0.763. The first kappa shape index (κ1) is 15.4. The van der Waals surface area contributed by atoms with Crippen LogP contribution in [-0.2, 0) is 25.4 Å². The van der Waals surface area contributed by atoms with Crippen molar-refractivity contribution in [2.45, 2.75) is 58.9 Å². The van der Waals surface area contributed by atoms with Crippen LogP contribution in [0.2, 0.25) is 0 Å². The van der Waals surface area contributed by atoms with Gasteiger partial charge in [-0.3, -0.25) is 4.68 Å². The van der Waals surface area contributed by atoms with E-state index in [1.54, 1.807) is 0 Å². The summed E-state index contributed by atoms with van der Waals surface area (Å²) in [5, 5.41) is 4.60. The smallest absolute Gasteiger partial charge is 0.159 e. The number of imidazole rings is 1. The molecule has 112 valence electrons. The second-order valence-corrected chi connectivity index (χ2v) is 6.34. The SMILES string of the molecule is CCCC(C)(C)n1c(CCCl)nc2c(CC)nn(C)c21. The maximum Gasteiger partial charge on any atom is 0.159 e. The second-order valence-electron chi connectivity index (χ2n) is 5.96. The highest BCUT2D eigenvalue weighted by molar-refractivity contribution is 6.17. The number of aryl methyl sites for hydroxylation is 3. The Hall–Kier alpha value is -1.03. The standard InChI is InChI=1S/C15H25ClN4/c1-6-9-15(3,4)20-12(8-10-16)17-13-11(7-2)18-19(5)14(13)20/h6-10H2,1-5H3. The van der Waals surface area contributed by atoms with Gasteiger partial charge in [0.15, 0.2) is 5.65 Å².